The SMILES string of the molecule is CCCCC(C(=O)NN)c1cccc(C)c1. The van der Waals surface area contributed by atoms with Crippen LogP contribution in [0, 0.1) is 6.92 Å². The summed E-state index contributed by atoms with van der Waals surface area (Å²) in [5, 5.41) is 0. The van der Waals surface area contributed by atoms with Crippen molar-refractivity contribution in [3.8, 4) is 0 Å². The Labute approximate surface area is 97.0 Å². The molecular weight excluding hydrogens is 200 g/mol. The van der Waals surface area contributed by atoms with Crippen molar-refractivity contribution in [1.29, 1.82) is 0 Å². The molecule has 0 bridgehead atoms. The number of carbonyl (C=O) groups excluding carboxylic acids is 1. The second-order valence-electron chi connectivity index (χ2n) is 4.12. The van der Waals surface area contributed by atoms with Crippen molar-refractivity contribution in [2.24, 2.45) is 5.84 Å². The van der Waals surface area contributed by atoms with Gasteiger partial charge in [0, 0.05) is 0 Å². The highest BCUT2D eigenvalue weighted by Crippen LogP contribution is 2.22. The van der Waals surface area contributed by atoms with Crippen LogP contribution in [0.1, 0.15) is 43.2 Å². The second kappa shape index (κ2) is 6.28. The molecule has 0 heterocycles. The molecule has 0 radical (unpaired) electrons. The minimum atomic E-state index is -0.121. The number of aryl methyl sites for hydroxylation is 1. The van der Waals surface area contributed by atoms with Crippen LogP contribution in [0.2, 0.25) is 0 Å². The number of amides is 1. The average molecular weight is 220 g/mol. The third-order valence-electron chi connectivity index (χ3n) is 2.75. The minimum Gasteiger partial charge on any atom is -0.294 e. The van der Waals surface area contributed by atoms with Gasteiger partial charge in [-0.25, -0.2) is 5.84 Å². The van der Waals surface area contributed by atoms with Gasteiger partial charge in [-0.2, -0.15) is 0 Å². The van der Waals surface area contributed by atoms with Crippen LogP contribution >= 0.6 is 0 Å². The molecule has 1 amide bonds. The van der Waals surface area contributed by atoms with Gasteiger partial charge in [0.2, 0.25) is 5.91 Å². The maximum absolute atomic E-state index is 11.7. The van der Waals surface area contributed by atoms with Gasteiger partial charge in [0.15, 0.2) is 0 Å². The average Bonchev–Trinajstić information content (AvgIpc) is 2.29. The van der Waals surface area contributed by atoms with Gasteiger partial charge in [-0.3, -0.25) is 10.2 Å². The molecule has 3 heteroatoms. The van der Waals surface area contributed by atoms with Crippen molar-refractivity contribution in [2.75, 3.05) is 0 Å². The van der Waals surface area contributed by atoms with E-state index in [9.17, 15) is 4.79 Å². The van der Waals surface area contributed by atoms with Crippen LogP contribution in [0.15, 0.2) is 24.3 Å². The first kappa shape index (κ1) is 12.7. The molecule has 88 valence electrons. The molecule has 0 aliphatic rings. The third kappa shape index (κ3) is 3.35. The summed E-state index contributed by atoms with van der Waals surface area (Å²) in [6.45, 7) is 4.15. The zero-order chi connectivity index (χ0) is 12.0. The lowest BCUT2D eigenvalue weighted by atomic mass is 9.92. The Morgan fingerprint density at radius 1 is 1.50 bits per heavy atom. The van der Waals surface area contributed by atoms with Gasteiger partial charge in [0.05, 0.1) is 5.92 Å². The Kier molecular flexibility index (Phi) is 4.99. The van der Waals surface area contributed by atoms with Crippen LogP contribution in [0.5, 0.6) is 0 Å². The van der Waals surface area contributed by atoms with E-state index in [-0.39, 0.29) is 11.8 Å². The molecule has 1 unspecified atom stereocenters. The van der Waals surface area contributed by atoms with Crippen molar-refractivity contribution in [1.82, 2.24) is 5.43 Å². The minimum absolute atomic E-state index is 0.0981. The molecule has 3 N–H and O–H groups in total. The highest BCUT2D eigenvalue weighted by molar-refractivity contribution is 5.83. The molecule has 1 aromatic carbocycles. The summed E-state index contributed by atoms with van der Waals surface area (Å²) in [5.74, 6) is 5.00. The van der Waals surface area contributed by atoms with Crippen LogP contribution in [0.25, 0.3) is 0 Å². The number of hydrogen-bond donors (Lipinski definition) is 2. The van der Waals surface area contributed by atoms with Crippen LogP contribution < -0.4 is 11.3 Å². The van der Waals surface area contributed by atoms with E-state index in [1.165, 1.54) is 5.56 Å². The van der Waals surface area contributed by atoms with Crippen LogP contribution in [0.4, 0.5) is 0 Å². The topological polar surface area (TPSA) is 55.1 Å². The molecule has 0 fully saturated rings. The van der Waals surface area contributed by atoms with Gasteiger partial charge < -0.3 is 0 Å². The van der Waals surface area contributed by atoms with Gasteiger partial charge in [0.25, 0.3) is 0 Å². The second-order valence-corrected chi connectivity index (χ2v) is 4.12. The van der Waals surface area contributed by atoms with E-state index in [1.807, 2.05) is 25.1 Å². The Morgan fingerprint density at radius 2 is 2.25 bits per heavy atom. The summed E-state index contributed by atoms with van der Waals surface area (Å²) >= 11 is 0. The number of unbranched alkanes of at least 4 members (excludes halogenated alkanes) is 1. The van der Waals surface area contributed by atoms with Crippen LogP contribution in [-0.2, 0) is 4.79 Å². The first-order chi connectivity index (χ1) is 7.69. The largest absolute Gasteiger partial charge is 0.294 e. The summed E-state index contributed by atoms with van der Waals surface area (Å²) in [6.07, 6.45) is 2.97. The van der Waals surface area contributed by atoms with Gasteiger partial charge in [0.1, 0.15) is 0 Å². The third-order valence-corrected chi connectivity index (χ3v) is 2.75. The van der Waals surface area contributed by atoms with E-state index < -0.39 is 0 Å². The van der Waals surface area contributed by atoms with Crippen LogP contribution in [-0.4, -0.2) is 5.91 Å². The lowest BCUT2D eigenvalue weighted by Crippen LogP contribution is -2.34. The summed E-state index contributed by atoms with van der Waals surface area (Å²) < 4.78 is 0. The quantitative estimate of drug-likeness (QED) is 0.454. The van der Waals surface area contributed by atoms with Gasteiger partial charge in [-0.15, -0.1) is 0 Å². The van der Waals surface area contributed by atoms with Crippen molar-refractivity contribution in [2.45, 2.75) is 39.0 Å². The fourth-order valence-electron chi connectivity index (χ4n) is 1.84. The molecule has 1 atom stereocenters. The van der Waals surface area contributed by atoms with E-state index >= 15 is 0 Å². The van der Waals surface area contributed by atoms with Crippen molar-refractivity contribution < 1.29 is 4.79 Å². The maximum Gasteiger partial charge on any atom is 0.241 e. The molecule has 0 saturated carbocycles. The summed E-state index contributed by atoms with van der Waals surface area (Å²) in [4.78, 5) is 11.7. The van der Waals surface area contributed by atoms with Gasteiger partial charge >= 0.3 is 0 Å². The molecule has 0 aliphatic carbocycles. The van der Waals surface area contributed by atoms with Gasteiger partial charge in [-0.05, 0) is 18.9 Å². The number of hydrogen-bond acceptors (Lipinski definition) is 2. The van der Waals surface area contributed by atoms with Crippen molar-refractivity contribution in [3.05, 3.63) is 35.4 Å². The highest BCUT2D eigenvalue weighted by atomic mass is 16.2. The Hall–Kier alpha value is -1.35. The van der Waals surface area contributed by atoms with Gasteiger partial charge in [-0.1, -0.05) is 49.6 Å². The van der Waals surface area contributed by atoms with E-state index in [1.54, 1.807) is 0 Å². The lowest BCUT2D eigenvalue weighted by molar-refractivity contribution is -0.122. The molecule has 1 aromatic rings. The van der Waals surface area contributed by atoms with E-state index in [4.69, 9.17) is 5.84 Å². The normalized spacial score (nSPS) is 12.2. The first-order valence-electron chi connectivity index (χ1n) is 5.76. The fraction of sp³-hybridized carbons (Fsp3) is 0.462. The standard InChI is InChI=1S/C13H20N2O/c1-3-4-8-12(13(16)15-14)11-7-5-6-10(2)9-11/h5-7,9,12H,3-4,8,14H2,1-2H3,(H,15,16). The van der Waals surface area contributed by atoms with Crippen molar-refractivity contribution in [3.63, 3.8) is 0 Å². The molecule has 1 rings (SSSR count). The monoisotopic (exact) mass is 220 g/mol. The molecule has 0 aliphatic heterocycles. The predicted molar refractivity (Wildman–Crippen MR) is 65.8 cm³/mol. The van der Waals surface area contributed by atoms with Crippen molar-refractivity contribution >= 4 is 5.91 Å². The summed E-state index contributed by atoms with van der Waals surface area (Å²) in [7, 11) is 0. The van der Waals surface area contributed by atoms with E-state index in [0.717, 1.165) is 24.8 Å². The molecule has 16 heavy (non-hydrogen) atoms. The molecular formula is C13H20N2O. The smallest absolute Gasteiger partial charge is 0.241 e. The Bertz CT molecular complexity index is 350. The van der Waals surface area contributed by atoms with E-state index in [2.05, 4.69) is 18.4 Å². The highest BCUT2D eigenvalue weighted by Gasteiger charge is 2.18. The number of nitrogens with two attached hydrogens (primary N) is 1. The maximum atomic E-state index is 11.7. The van der Waals surface area contributed by atoms with E-state index in [0.29, 0.717) is 0 Å². The molecule has 0 saturated heterocycles. The molecule has 0 spiro atoms. The zero-order valence-electron chi connectivity index (χ0n) is 9.99. The Morgan fingerprint density at radius 3 is 2.81 bits per heavy atom. The van der Waals surface area contributed by atoms with Crippen LogP contribution in [0.3, 0.4) is 0 Å². The lowest BCUT2D eigenvalue weighted by Gasteiger charge is -2.15. The Balaban J connectivity index is 2.87. The number of carbonyl (C=O) groups is 1. The number of hydrazine groups is 1. The number of rotatable bonds is 5. The molecule has 0 aromatic heterocycles. The summed E-state index contributed by atoms with van der Waals surface area (Å²) in [6, 6.07) is 8.05. The number of nitrogens with one attached hydrogen (secondary N) is 1. The summed E-state index contributed by atoms with van der Waals surface area (Å²) in [5.41, 5.74) is 4.48. The molecule has 3 nitrogen and oxygen atoms in total. The first-order valence-corrected chi connectivity index (χ1v) is 5.76. The fourth-order valence-corrected chi connectivity index (χ4v) is 1.84. The number of benzene rings is 1. The predicted octanol–water partition coefficient (Wildman–Crippen LogP) is 2.26. The zero-order valence-corrected chi connectivity index (χ0v) is 9.99.